The van der Waals surface area contributed by atoms with Gasteiger partial charge in [-0.2, -0.15) is 0 Å². The molecule has 2 heterocycles. The Morgan fingerprint density at radius 2 is 1.82 bits per heavy atom. The molecule has 1 saturated carbocycles. The molecule has 2 aliphatic rings. The van der Waals surface area contributed by atoms with Gasteiger partial charge in [0, 0.05) is 12.5 Å². The maximum absolute atomic E-state index is 12.8. The maximum atomic E-state index is 12.8. The minimum Gasteiger partial charge on any atom is -0.508 e. The van der Waals surface area contributed by atoms with Gasteiger partial charge in [-0.1, -0.05) is 17.3 Å². The summed E-state index contributed by atoms with van der Waals surface area (Å²) in [5.74, 6) is 0.371. The van der Waals surface area contributed by atoms with Crippen molar-refractivity contribution in [1.29, 1.82) is 0 Å². The molecule has 0 bridgehead atoms. The number of nitrogens with zero attached hydrogens (tertiary/aromatic N) is 4. The first-order valence-electron chi connectivity index (χ1n) is 10.3. The molecule has 1 aromatic carbocycles. The Morgan fingerprint density at radius 3 is 2.50 bits per heavy atom. The average Bonchev–Trinajstić information content (AvgIpc) is 3.17. The van der Waals surface area contributed by atoms with E-state index in [9.17, 15) is 13.9 Å². The van der Waals surface area contributed by atoms with Gasteiger partial charge < -0.3 is 5.11 Å². The van der Waals surface area contributed by atoms with Gasteiger partial charge in [0.15, 0.2) is 0 Å². The van der Waals surface area contributed by atoms with Crippen LogP contribution in [-0.2, 0) is 6.54 Å². The Morgan fingerprint density at radius 1 is 1.07 bits per heavy atom. The van der Waals surface area contributed by atoms with Gasteiger partial charge in [-0.15, -0.1) is 5.10 Å². The van der Waals surface area contributed by atoms with Crippen LogP contribution in [0, 0.1) is 5.92 Å². The molecule has 1 N–H and O–H groups in total. The SMILES string of the molecule is Oc1cccc(C2CCN(Cc3cn([C@H]4CC[C@H](C(F)F)CC4)nn3)CC2)c1. The zero-order valence-corrected chi connectivity index (χ0v) is 16.1. The summed E-state index contributed by atoms with van der Waals surface area (Å²) in [5, 5.41) is 18.3. The van der Waals surface area contributed by atoms with E-state index in [4.69, 9.17) is 0 Å². The lowest BCUT2D eigenvalue weighted by Gasteiger charge is -2.31. The van der Waals surface area contributed by atoms with Crippen LogP contribution in [0.3, 0.4) is 0 Å². The van der Waals surface area contributed by atoms with Crippen LogP contribution in [0.1, 0.15) is 61.7 Å². The highest BCUT2D eigenvalue weighted by Crippen LogP contribution is 2.35. The van der Waals surface area contributed by atoms with Crippen molar-refractivity contribution >= 4 is 0 Å². The summed E-state index contributed by atoms with van der Waals surface area (Å²) in [6, 6.07) is 7.78. The highest BCUT2D eigenvalue weighted by molar-refractivity contribution is 5.30. The van der Waals surface area contributed by atoms with E-state index in [1.807, 2.05) is 23.0 Å². The number of rotatable bonds is 5. The van der Waals surface area contributed by atoms with Crippen molar-refractivity contribution in [2.24, 2.45) is 5.92 Å². The second-order valence-corrected chi connectivity index (χ2v) is 8.24. The second kappa shape index (κ2) is 8.55. The van der Waals surface area contributed by atoms with Crippen LogP contribution in [-0.4, -0.2) is 44.5 Å². The number of hydrogen-bond donors (Lipinski definition) is 1. The molecule has 152 valence electrons. The number of aromatic hydroxyl groups is 1. The smallest absolute Gasteiger partial charge is 0.241 e. The summed E-state index contributed by atoms with van der Waals surface area (Å²) in [5.41, 5.74) is 2.16. The molecule has 0 radical (unpaired) electrons. The summed E-state index contributed by atoms with van der Waals surface area (Å²) < 4.78 is 27.5. The third-order valence-corrected chi connectivity index (χ3v) is 6.34. The standard InChI is InChI=1S/C21H28F2N4O/c22-21(23)16-4-6-19(7-5-16)27-14-18(24-25-27)13-26-10-8-15(9-11-26)17-2-1-3-20(28)12-17/h1-3,12,14-16,19,21,28H,4-11,13H2/t16-,19-. The zero-order chi connectivity index (χ0) is 19.5. The van der Waals surface area contributed by atoms with E-state index >= 15 is 0 Å². The van der Waals surface area contributed by atoms with Crippen molar-refractivity contribution in [3.63, 3.8) is 0 Å². The van der Waals surface area contributed by atoms with Gasteiger partial charge in [0.2, 0.25) is 6.43 Å². The van der Waals surface area contributed by atoms with Gasteiger partial charge in [-0.05, 0) is 75.2 Å². The normalized spacial score (nSPS) is 24.7. The van der Waals surface area contributed by atoms with E-state index < -0.39 is 12.3 Å². The predicted octanol–water partition coefficient (Wildman–Crippen LogP) is 4.36. The van der Waals surface area contributed by atoms with Gasteiger partial charge >= 0.3 is 0 Å². The molecule has 1 aromatic heterocycles. The van der Waals surface area contributed by atoms with E-state index in [-0.39, 0.29) is 6.04 Å². The lowest BCUT2D eigenvalue weighted by Crippen LogP contribution is -2.32. The van der Waals surface area contributed by atoms with Crippen molar-refractivity contribution in [2.45, 2.75) is 63.5 Å². The van der Waals surface area contributed by atoms with E-state index in [2.05, 4.69) is 21.3 Å². The van der Waals surface area contributed by atoms with Crippen LogP contribution >= 0.6 is 0 Å². The molecule has 5 nitrogen and oxygen atoms in total. The molecular formula is C21H28F2N4O. The van der Waals surface area contributed by atoms with Crippen molar-refractivity contribution in [3.8, 4) is 5.75 Å². The summed E-state index contributed by atoms with van der Waals surface area (Å²) >= 11 is 0. The molecule has 0 spiro atoms. The van der Waals surface area contributed by atoms with Gasteiger partial charge in [0.1, 0.15) is 5.75 Å². The molecule has 2 aromatic rings. The lowest BCUT2D eigenvalue weighted by molar-refractivity contribution is 0.0465. The van der Waals surface area contributed by atoms with Crippen molar-refractivity contribution in [3.05, 3.63) is 41.7 Å². The third-order valence-electron chi connectivity index (χ3n) is 6.34. The minimum atomic E-state index is -2.20. The minimum absolute atomic E-state index is 0.202. The maximum Gasteiger partial charge on any atom is 0.241 e. The third kappa shape index (κ3) is 4.51. The lowest BCUT2D eigenvalue weighted by atomic mass is 9.86. The Kier molecular flexibility index (Phi) is 5.90. The van der Waals surface area contributed by atoms with E-state index in [1.165, 1.54) is 5.56 Å². The number of likely N-dealkylation sites (tertiary alicyclic amines) is 1. The Labute approximate surface area is 164 Å². The molecule has 2 fully saturated rings. The highest BCUT2D eigenvalue weighted by atomic mass is 19.3. The van der Waals surface area contributed by atoms with Gasteiger partial charge in [-0.25, -0.2) is 13.5 Å². The molecule has 0 unspecified atom stereocenters. The summed E-state index contributed by atoms with van der Waals surface area (Å²) in [6.07, 6.45) is 4.58. The molecule has 28 heavy (non-hydrogen) atoms. The number of alkyl halides is 2. The van der Waals surface area contributed by atoms with Crippen LogP contribution in [0.15, 0.2) is 30.5 Å². The number of benzene rings is 1. The summed E-state index contributed by atoms with van der Waals surface area (Å²) in [7, 11) is 0. The molecule has 1 aliphatic heterocycles. The van der Waals surface area contributed by atoms with Crippen LogP contribution in [0.25, 0.3) is 0 Å². The van der Waals surface area contributed by atoms with Crippen molar-refractivity contribution < 1.29 is 13.9 Å². The molecule has 1 aliphatic carbocycles. The molecular weight excluding hydrogens is 362 g/mol. The summed E-state index contributed by atoms with van der Waals surface area (Å²) in [4.78, 5) is 2.39. The highest BCUT2D eigenvalue weighted by Gasteiger charge is 2.29. The van der Waals surface area contributed by atoms with E-state index in [0.29, 0.717) is 24.5 Å². The monoisotopic (exact) mass is 390 g/mol. The van der Waals surface area contributed by atoms with Crippen molar-refractivity contribution in [2.75, 3.05) is 13.1 Å². The first kappa shape index (κ1) is 19.3. The number of phenols is 1. The Hall–Kier alpha value is -2.02. The quantitative estimate of drug-likeness (QED) is 0.824. The van der Waals surface area contributed by atoms with Gasteiger partial charge in [0.05, 0.1) is 17.9 Å². The molecule has 4 rings (SSSR count). The number of phenolic OH excluding ortho intramolecular Hbond substituents is 1. The van der Waals surface area contributed by atoms with Crippen molar-refractivity contribution in [1.82, 2.24) is 19.9 Å². The average molecular weight is 390 g/mol. The van der Waals surface area contributed by atoms with Crippen LogP contribution in [0.5, 0.6) is 5.75 Å². The van der Waals surface area contributed by atoms with Crippen LogP contribution in [0.2, 0.25) is 0 Å². The zero-order valence-electron chi connectivity index (χ0n) is 16.1. The number of hydrogen-bond acceptors (Lipinski definition) is 4. The fraction of sp³-hybridized carbons (Fsp3) is 0.619. The number of aromatic nitrogens is 3. The van der Waals surface area contributed by atoms with E-state index in [1.54, 1.807) is 6.07 Å². The fourth-order valence-corrected chi connectivity index (χ4v) is 4.61. The van der Waals surface area contributed by atoms with Crippen LogP contribution in [0.4, 0.5) is 8.78 Å². The molecule has 0 atom stereocenters. The number of piperidine rings is 1. The molecule has 7 heteroatoms. The van der Waals surface area contributed by atoms with Gasteiger partial charge in [-0.3, -0.25) is 4.90 Å². The first-order chi connectivity index (χ1) is 13.6. The predicted molar refractivity (Wildman–Crippen MR) is 102 cm³/mol. The van der Waals surface area contributed by atoms with Gasteiger partial charge in [0.25, 0.3) is 0 Å². The summed E-state index contributed by atoms with van der Waals surface area (Å²) in [6.45, 7) is 2.76. The Bertz CT molecular complexity index is 765. The molecule has 1 saturated heterocycles. The van der Waals surface area contributed by atoms with E-state index in [0.717, 1.165) is 51.0 Å². The number of halogens is 2. The second-order valence-electron chi connectivity index (χ2n) is 8.24. The fourth-order valence-electron chi connectivity index (χ4n) is 4.61. The first-order valence-corrected chi connectivity index (χ1v) is 10.3. The largest absolute Gasteiger partial charge is 0.508 e. The topological polar surface area (TPSA) is 54.2 Å². The van der Waals surface area contributed by atoms with Crippen LogP contribution < -0.4 is 0 Å². The molecule has 0 amide bonds. The Balaban J connectivity index is 1.27.